The highest BCUT2D eigenvalue weighted by molar-refractivity contribution is 6.31. The summed E-state index contributed by atoms with van der Waals surface area (Å²) in [6.45, 7) is -0.212. The Bertz CT molecular complexity index is 1170. The standard InChI is InChI=1S/C23H19ClF6N2O3/c1-13-11-14(5-6-16(13)24)22(27,28)7-9-31-18(33)12-19(34)32(21(31)35)10-8-23(29,30)15-3-2-4-17(25)20(15)26/h2-6,11H,7-10,12H2,1H3. The van der Waals surface area contributed by atoms with Crippen LogP contribution in [0.1, 0.15) is 36.0 Å². The molecule has 4 amide bonds. The number of aryl methyl sites for hydroxylation is 1. The molecule has 1 saturated heterocycles. The van der Waals surface area contributed by atoms with Crippen LogP contribution in [-0.4, -0.2) is 40.7 Å². The fourth-order valence-corrected chi connectivity index (χ4v) is 3.68. The first-order valence-electron chi connectivity index (χ1n) is 10.4. The van der Waals surface area contributed by atoms with Gasteiger partial charge in [0.15, 0.2) is 11.6 Å². The summed E-state index contributed by atoms with van der Waals surface area (Å²) in [6.07, 6.45) is -3.15. The van der Waals surface area contributed by atoms with Crippen molar-refractivity contribution in [2.75, 3.05) is 13.1 Å². The van der Waals surface area contributed by atoms with Gasteiger partial charge < -0.3 is 0 Å². The molecule has 0 bridgehead atoms. The Morgan fingerprint density at radius 3 is 2.03 bits per heavy atom. The molecule has 188 valence electrons. The molecule has 0 radical (unpaired) electrons. The van der Waals surface area contributed by atoms with Crippen molar-refractivity contribution < 1.29 is 40.7 Å². The number of barbiturate groups is 1. The first-order chi connectivity index (χ1) is 16.2. The van der Waals surface area contributed by atoms with E-state index in [0.717, 1.165) is 18.2 Å². The minimum Gasteiger partial charge on any atom is -0.274 e. The van der Waals surface area contributed by atoms with Gasteiger partial charge in [0.25, 0.3) is 11.8 Å². The van der Waals surface area contributed by atoms with Crippen LogP contribution in [0.3, 0.4) is 0 Å². The van der Waals surface area contributed by atoms with Gasteiger partial charge in [0, 0.05) is 36.5 Å². The van der Waals surface area contributed by atoms with Crippen LogP contribution < -0.4 is 0 Å². The summed E-state index contributed by atoms with van der Waals surface area (Å²) in [4.78, 5) is 37.7. The average Bonchev–Trinajstić information content (AvgIpc) is 2.76. The van der Waals surface area contributed by atoms with Gasteiger partial charge >= 0.3 is 6.03 Å². The number of hydrogen-bond acceptors (Lipinski definition) is 3. The molecule has 0 saturated carbocycles. The molecule has 1 heterocycles. The molecular formula is C23H19ClF6N2O3. The summed E-state index contributed by atoms with van der Waals surface area (Å²) in [6, 6.07) is 4.38. The maximum absolute atomic E-state index is 14.7. The van der Waals surface area contributed by atoms with E-state index in [-0.39, 0.29) is 5.02 Å². The third kappa shape index (κ3) is 5.61. The number of alkyl halides is 4. The summed E-state index contributed by atoms with van der Waals surface area (Å²) in [5, 5.41) is 0.273. The monoisotopic (exact) mass is 520 g/mol. The lowest BCUT2D eigenvalue weighted by Crippen LogP contribution is -2.56. The number of hydrogen-bond donors (Lipinski definition) is 0. The molecule has 0 aliphatic carbocycles. The molecule has 1 aliphatic rings. The topological polar surface area (TPSA) is 57.7 Å². The number of benzene rings is 2. The van der Waals surface area contributed by atoms with Crippen LogP contribution in [0.25, 0.3) is 0 Å². The molecule has 0 atom stereocenters. The predicted molar refractivity (Wildman–Crippen MR) is 113 cm³/mol. The number of amides is 4. The van der Waals surface area contributed by atoms with E-state index < -0.39 is 84.8 Å². The maximum atomic E-state index is 14.7. The molecule has 5 nitrogen and oxygen atoms in total. The summed E-state index contributed by atoms with van der Waals surface area (Å²) >= 11 is 5.84. The van der Waals surface area contributed by atoms with Crippen molar-refractivity contribution in [3.05, 3.63) is 69.7 Å². The first-order valence-corrected chi connectivity index (χ1v) is 10.7. The van der Waals surface area contributed by atoms with E-state index >= 15 is 0 Å². The summed E-state index contributed by atoms with van der Waals surface area (Å²) in [5.74, 6) is -12.9. The zero-order chi connectivity index (χ0) is 26.1. The normalized spacial score (nSPS) is 15.3. The number of halogens is 7. The Morgan fingerprint density at radius 2 is 1.46 bits per heavy atom. The van der Waals surface area contributed by atoms with Crippen molar-refractivity contribution >= 4 is 29.4 Å². The van der Waals surface area contributed by atoms with Gasteiger partial charge in [0.1, 0.15) is 6.42 Å². The van der Waals surface area contributed by atoms with Gasteiger partial charge in [-0.25, -0.2) is 31.1 Å². The SMILES string of the molecule is Cc1cc(C(F)(F)CCN2C(=O)CC(=O)N(CCC(F)(F)c3cccc(F)c3F)C2=O)ccc1Cl. The van der Waals surface area contributed by atoms with Crippen LogP contribution in [0.2, 0.25) is 5.02 Å². The quantitative estimate of drug-likeness (QED) is 0.328. The summed E-state index contributed by atoms with van der Waals surface area (Å²) in [7, 11) is 0. The molecule has 0 aromatic heterocycles. The number of rotatable bonds is 8. The van der Waals surface area contributed by atoms with Crippen LogP contribution in [-0.2, 0) is 21.4 Å². The first kappa shape index (κ1) is 26.5. The summed E-state index contributed by atoms with van der Waals surface area (Å²) in [5.41, 5.74) is -1.28. The number of urea groups is 1. The number of imide groups is 2. The predicted octanol–water partition coefficient (Wildman–Crippen LogP) is 5.77. The fraction of sp³-hybridized carbons (Fsp3) is 0.348. The largest absolute Gasteiger partial charge is 0.333 e. The molecule has 12 heteroatoms. The highest BCUT2D eigenvalue weighted by Crippen LogP contribution is 2.36. The molecular weight excluding hydrogens is 502 g/mol. The Kier molecular flexibility index (Phi) is 7.49. The number of carbonyl (C=O) groups is 3. The van der Waals surface area contributed by atoms with Gasteiger partial charge in [-0.1, -0.05) is 23.7 Å². The zero-order valence-electron chi connectivity index (χ0n) is 18.3. The van der Waals surface area contributed by atoms with Gasteiger partial charge in [-0.2, -0.15) is 0 Å². The van der Waals surface area contributed by atoms with E-state index in [2.05, 4.69) is 0 Å². The van der Waals surface area contributed by atoms with Crippen LogP contribution in [0.15, 0.2) is 36.4 Å². The van der Waals surface area contributed by atoms with Crippen molar-refractivity contribution in [3.8, 4) is 0 Å². The molecule has 0 N–H and O–H groups in total. The lowest BCUT2D eigenvalue weighted by atomic mass is 10.0. The second kappa shape index (κ2) is 9.88. The lowest BCUT2D eigenvalue weighted by Gasteiger charge is -2.34. The van der Waals surface area contributed by atoms with Crippen molar-refractivity contribution in [2.45, 2.75) is 38.0 Å². The van der Waals surface area contributed by atoms with E-state index in [9.17, 15) is 40.7 Å². The minimum absolute atomic E-state index is 0.273. The number of nitrogens with zero attached hydrogens (tertiary/aromatic N) is 2. The fourth-order valence-electron chi connectivity index (χ4n) is 3.56. The van der Waals surface area contributed by atoms with Crippen molar-refractivity contribution in [1.29, 1.82) is 0 Å². The van der Waals surface area contributed by atoms with E-state index in [1.54, 1.807) is 0 Å². The van der Waals surface area contributed by atoms with Crippen LogP contribution in [0.4, 0.5) is 31.1 Å². The van der Waals surface area contributed by atoms with E-state index in [1.165, 1.54) is 13.0 Å². The van der Waals surface area contributed by atoms with Gasteiger partial charge in [-0.3, -0.25) is 19.4 Å². The van der Waals surface area contributed by atoms with E-state index in [1.807, 2.05) is 0 Å². The maximum Gasteiger partial charge on any atom is 0.333 e. The van der Waals surface area contributed by atoms with Crippen molar-refractivity contribution in [1.82, 2.24) is 9.80 Å². The zero-order valence-corrected chi connectivity index (χ0v) is 19.0. The van der Waals surface area contributed by atoms with Crippen LogP contribution in [0, 0.1) is 18.6 Å². The van der Waals surface area contributed by atoms with Crippen LogP contribution in [0.5, 0.6) is 0 Å². The van der Waals surface area contributed by atoms with Gasteiger partial charge in [0.05, 0.1) is 5.56 Å². The molecule has 0 spiro atoms. The van der Waals surface area contributed by atoms with Gasteiger partial charge in [-0.05, 0) is 36.8 Å². The molecule has 35 heavy (non-hydrogen) atoms. The Hall–Kier alpha value is -3.08. The Morgan fingerprint density at radius 1 is 0.886 bits per heavy atom. The minimum atomic E-state index is -3.96. The molecule has 3 rings (SSSR count). The number of carbonyl (C=O) groups excluding carboxylic acids is 3. The van der Waals surface area contributed by atoms with Gasteiger partial charge in [0.2, 0.25) is 11.8 Å². The van der Waals surface area contributed by atoms with Crippen molar-refractivity contribution in [3.63, 3.8) is 0 Å². The van der Waals surface area contributed by atoms with E-state index in [4.69, 9.17) is 11.6 Å². The lowest BCUT2D eigenvalue weighted by molar-refractivity contribution is -0.143. The highest BCUT2D eigenvalue weighted by atomic mass is 35.5. The molecule has 1 fully saturated rings. The smallest absolute Gasteiger partial charge is 0.274 e. The summed E-state index contributed by atoms with van der Waals surface area (Å²) < 4.78 is 85.4. The van der Waals surface area contributed by atoms with Crippen LogP contribution >= 0.6 is 11.6 Å². The molecule has 0 unspecified atom stereocenters. The van der Waals surface area contributed by atoms with E-state index in [0.29, 0.717) is 27.5 Å². The Balaban J connectivity index is 1.71. The molecule has 2 aromatic rings. The van der Waals surface area contributed by atoms with Gasteiger partial charge in [-0.15, -0.1) is 0 Å². The Labute approximate surface area is 201 Å². The molecule has 1 aliphatic heterocycles. The third-order valence-electron chi connectivity index (χ3n) is 5.59. The van der Waals surface area contributed by atoms with Crippen molar-refractivity contribution in [2.24, 2.45) is 0 Å². The second-order valence-electron chi connectivity index (χ2n) is 8.02. The second-order valence-corrected chi connectivity index (χ2v) is 8.43. The average molecular weight is 521 g/mol. The highest BCUT2D eigenvalue weighted by Gasteiger charge is 2.43. The molecule has 2 aromatic carbocycles. The third-order valence-corrected chi connectivity index (χ3v) is 6.02.